The van der Waals surface area contributed by atoms with Crippen LogP contribution < -0.4 is 10.6 Å². The lowest BCUT2D eigenvalue weighted by atomic mass is 10.2. The van der Waals surface area contributed by atoms with E-state index in [1.54, 1.807) is 10.9 Å². The van der Waals surface area contributed by atoms with Crippen LogP contribution in [0.5, 0.6) is 0 Å². The minimum atomic E-state index is -0.116. The number of nitrogens with zero attached hydrogens (tertiary/aromatic N) is 4. The summed E-state index contributed by atoms with van der Waals surface area (Å²) in [6.45, 7) is 1.35. The Kier molecular flexibility index (Phi) is 7.43. The van der Waals surface area contributed by atoms with Gasteiger partial charge in [0.25, 0.3) is 0 Å². The van der Waals surface area contributed by atoms with Crippen molar-refractivity contribution in [2.75, 3.05) is 30.0 Å². The topological polar surface area (TPSA) is 111 Å². The summed E-state index contributed by atoms with van der Waals surface area (Å²) in [5.74, 6) is 0.424. The lowest BCUT2D eigenvalue weighted by Crippen LogP contribution is -2.32. The second-order valence-electron chi connectivity index (χ2n) is 6.95. The van der Waals surface area contributed by atoms with Crippen molar-refractivity contribution >= 4 is 62.6 Å². The predicted octanol–water partition coefficient (Wildman–Crippen LogP) is 2.54. The molecule has 2 aromatic heterocycles. The number of carbonyl (C=O) groups excluding carboxylic acids is 2. The van der Waals surface area contributed by atoms with E-state index in [1.165, 1.54) is 34.9 Å². The maximum Gasteiger partial charge on any atom is 0.234 e. The SMILES string of the molecule is Cn1cnnc1SCC(=O)Nc1ccc2nc(SCC(=O)NC[C@H]3CCCO3)sc2c1. The van der Waals surface area contributed by atoms with Gasteiger partial charge in [-0.15, -0.1) is 21.5 Å². The third-order valence-electron chi connectivity index (χ3n) is 4.53. The van der Waals surface area contributed by atoms with Gasteiger partial charge in [0, 0.05) is 25.9 Å². The first-order valence-electron chi connectivity index (χ1n) is 9.75. The molecule has 3 aromatic rings. The second kappa shape index (κ2) is 10.4. The van der Waals surface area contributed by atoms with Crippen molar-refractivity contribution in [2.24, 2.45) is 7.05 Å². The van der Waals surface area contributed by atoms with Gasteiger partial charge >= 0.3 is 0 Å². The van der Waals surface area contributed by atoms with Crippen molar-refractivity contribution in [1.29, 1.82) is 0 Å². The molecule has 0 bridgehead atoms. The van der Waals surface area contributed by atoms with Crippen LogP contribution >= 0.6 is 34.9 Å². The summed E-state index contributed by atoms with van der Waals surface area (Å²) in [6, 6.07) is 5.61. The Balaban J connectivity index is 1.26. The molecular formula is C19H22N6O3S3. The number of fused-ring (bicyclic) bond motifs is 1. The van der Waals surface area contributed by atoms with Crippen molar-refractivity contribution in [3.63, 3.8) is 0 Å². The molecule has 9 nitrogen and oxygen atoms in total. The molecule has 0 unspecified atom stereocenters. The standard InChI is InChI=1S/C19H22N6O3S3/c1-25-11-21-24-18(25)29-10-17(27)22-12-4-5-14-15(7-12)31-19(23-14)30-9-16(26)20-8-13-3-2-6-28-13/h4-5,7,11,13H,2-3,6,8-10H2,1H3,(H,20,26)(H,22,27)/t13-/m1/s1. The van der Waals surface area contributed by atoms with E-state index in [1.807, 2.05) is 25.2 Å². The van der Waals surface area contributed by atoms with Gasteiger partial charge in [-0.3, -0.25) is 9.59 Å². The fourth-order valence-corrected chi connectivity index (χ4v) is 5.61. The Morgan fingerprint density at radius 2 is 2.16 bits per heavy atom. The lowest BCUT2D eigenvalue weighted by Gasteiger charge is -2.09. The molecule has 164 valence electrons. The van der Waals surface area contributed by atoms with Gasteiger partial charge in [-0.25, -0.2) is 4.98 Å². The molecule has 31 heavy (non-hydrogen) atoms. The van der Waals surface area contributed by atoms with Crippen LogP contribution in [-0.2, 0) is 21.4 Å². The summed E-state index contributed by atoms with van der Waals surface area (Å²) in [4.78, 5) is 28.9. The van der Waals surface area contributed by atoms with Gasteiger partial charge in [0.2, 0.25) is 11.8 Å². The van der Waals surface area contributed by atoms with Gasteiger partial charge in [-0.05, 0) is 31.0 Å². The number of hydrogen-bond acceptors (Lipinski definition) is 9. The maximum absolute atomic E-state index is 12.2. The number of aromatic nitrogens is 4. The number of anilines is 1. The highest BCUT2D eigenvalue weighted by molar-refractivity contribution is 8.01. The lowest BCUT2D eigenvalue weighted by molar-refractivity contribution is -0.119. The molecule has 0 radical (unpaired) electrons. The normalized spacial score (nSPS) is 16.0. The van der Waals surface area contributed by atoms with E-state index < -0.39 is 0 Å². The molecule has 0 aliphatic carbocycles. The number of carbonyl (C=O) groups is 2. The van der Waals surface area contributed by atoms with Crippen LogP contribution in [0.25, 0.3) is 10.2 Å². The number of thiazole rings is 1. The maximum atomic E-state index is 12.2. The molecule has 1 atom stereocenters. The molecule has 12 heteroatoms. The number of ether oxygens (including phenoxy) is 1. The monoisotopic (exact) mass is 478 g/mol. The minimum Gasteiger partial charge on any atom is -0.376 e. The van der Waals surface area contributed by atoms with E-state index in [0.717, 1.165) is 34.0 Å². The van der Waals surface area contributed by atoms with Gasteiger partial charge in [0.1, 0.15) is 6.33 Å². The molecule has 0 saturated carbocycles. The molecule has 3 heterocycles. The average Bonchev–Trinajstić information content (AvgIpc) is 3.50. The molecule has 4 rings (SSSR count). The third kappa shape index (κ3) is 6.19. The molecule has 1 aliphatic heterocycles. The summed E-state index contributed by atoms with van der Waals surface area (Å²) in [5, 5.41) is 14.3. The molecule has 2 N–H and O–H groups in total. The fourth-order valence-electron chi connectivity index (χ4n) is 2.98. The second-order valence-corrected chi connectivity index (χ2v) is 10.1. The van der Waals surface area contributed by atoms with E-state index in [0.29, 0.717) is 23.1 Å². The van der Waals surface area contributed by atoms with Crippen LogP contribution in [0.2, 0.25) is 0 Å². The summed E-state index contributed by atoms with van der Waals surface area (Å²) in [6.07, 6.45) is 3.80. The molecule has 2 amide bonds. The highest BCUT2D eigenvalue weighted by atomic mass is 32.2. The number of benzene rings is 1. The van der Waals surface area contributed by atoms with Crippen molar-refractivity contribution in [2.45, 2.75) is 28.4 Å². The first-order valence-corrected chi connectivity index (χ1v) is 12.5. The summed E-state index contributed by atoms with van der Waals surface area (Å²) >= 11 is 4.25. The molecule has 1 aliphatic rings. The smallest absolute Gasteiger partial charge is 0.234 e. The van der Waals surface area contributed by atoms with Crippen molar-refractivity contribution < 1.29 is 14.3 Å². The van der Waals surface area contributed by atoms with E-state index in [9.17, 15) is 9.59 Å². The quantitative estimate of drug-likeness (QED) is 0.452. The number of aryl methyl sites for hydroxylation is 1. The minimum absolute atomic E-state index is 0.0203. The Hall–Kier alpha value is -2.15. The summed E-state index contributed by atoms with van der Waals surface area (Å²) in [5.41, 5.74) is 1.56. The highest BCUT2D eigenvalue weighted by Crippen LogP contribution is 2.31. The van der Waals surface area contributed by atoms with E-state index in [-0.39, 0.29) is 23.7 Å². The van der Waals surface area contributed by atoms with Crippen LogP contribution in [0.4, 0.5) is 5.69 Å². The van der Waals surface area contributed by atoms with E-state index >= 15 is 0 Å². The van der Waals surface area contributed by atoms with Crippen LogP contribution in [0, 0.1) is 0 Å². The fraction of sp³-hybridized carbons (Fsp3) is 0.421. The van der Waals surface area contributed by atoms with Gasteiger partial charge in [-0.1, -0.05) is 23.5 Å². The summed E-state index contributed by atoms with van der Waals surface area (Å²) < 4.78 is 9.06. The molecule has 1 saturated heterocycles. The Morgan fingerprint density at radius 1 is 1.29 bits per heavy atom. The zero-order valence-corrected chi connectivity index (χ0v) is 19.3. The molecule has 1 aromatic carbocycles. The number of nitrogens with one attached hydrogen (secondary N) is 2. The molecule has 0 spiro atoms. The van der Waals surface area contributed by atoms with Gasteiger partial charge in [0.05, 0.1) is 27.8 Å². The van der Waals surface area contributed by atoms with Gasteiger partial charge in [0.15, 0.2) is 9.50 Å². The van der Waals surface area contributed by atoms with Crippen LogP contribution in [-0.4, -0.2) is 62.3 Å². The number of rotatable bonds is 9. The zero-order chi connectivity index (χ0) is 21.6. The Bertz CT molecular complexity index is 1060. The van der Waals surface area contributed by atoms with E-state index in [4.69, 9.17) is 4.74 Å². The van der Waals surface area contributed by atoms with Gasteiger partial charge in [-0.2, -0.15) is 0 Å². The van der Waals surface area contributed by atoms with E-state index in [2.05, 4.69) is 25.8 Å². The van der Waals surface area contributed by atoms with Crippen molar-refractivity contribution in [3.05, 3.63) is 24.5 Å². The first kappa shape index (κ1) is 22.1. The van der Waals surface area contributed by atoms with Crippen molar-refractivity contribution in [1.82, 2.24) is 25.1 Å². The van der Waals surface area contributed by atoms with Crippen LogP contribution in [0.15, 0.2) is 34.0 Å². The first-order chi connectivity index (χ1) is 15.1. The van der Waals surface area contributed by atoms with Crippen LogP contribution in [0.3, 0.4) is 0 Å². The van der Waals surface area contributed by atoms with Gasteiger partial charge < -0.3 is 19.9 Å². The third-order valence-corrected chi connectivity index (χ3v) is 7.73. The van der Waals surface area contributed by atoms with Crippen molar-refractivity contribution in [3.8, 4) is 0 Å². The summed E-state index contributed by atoms with van der Waals surface area (Å²) in [7, 11) is 1.83. The number of hydrogen-bond donors (Lipinski definition) is 2. The average molecular weight is 479 g/mol. The number of amides is 2. The Morgan fingerprint density at radius 3 is 2.94 bits per heavy atom. The zero-order valence-electron chi connectivity index (χ0n) is 16.9. The molecule has 1 fully saturated rings. The predicted molar refractivity (Wildman–Crippen MR) is 123 cm³/mol. The number of thioether (sulfide) groups is 2. The highest BCUT2D eigenvalue weighted by Gasteiger charge is 2.16. The molecular weight excluding hydrogens is 456 g/mol. The van der Waals surface area contributed by atoms with Crippen LogP contribution in [0.1, 0.15) is 12.8 Å². The largest absolute Gasteiger partial charge is 0.376 e. The Labute approximate surface area is 191 Å².